The molecule has 1 aromatic carbocycles. The highest BCUT2D eigenvalue weighted by Gasteiger charge is 2.32. The first-order chi connectivity index (χ1) is 9.09. The molecule has 0 aliphatic heterocycles. The number of aromatic nitrogens is 3. The molecule has 2 aromatic rings. The van der Waals surface area contributed by atoms with E-state index in [1.165, 1.54) is 12.1 Å². The Morgan fingerprint density at radius 1 is 1.32 bits per heavy atom. The van der Waals surface area contributed by atoms with Crippen molar-refractivity contribution in [3.63, 3.8) is 0 Å². The average Bonchev–Trinajstić information content (AvgIpc) is 2.81. The summed E-state index contributed by atoms with van der Waals surface area (Å²) in [6, 6.07) is 5.89. The Morgan fingerprint density at radius 2 is 2.05 bits per heavy atom. The van der Waals surface area contributed by atoms with E-state index in [2.05, 4.69) is 10.3 Å². The number of aryl methyl sites for hydroxylation is 1. The van der Waals surface area contributed by atoms with E-state index in [0.717, 1.165) is 0 Å². The van der Waals surface area contributed by atoms with Gasteiger partial charge in [0.25, 0.3) is 0 Å². The Hall–Kier alpha value is -1.79. The fraction of sp³-hybridized carbons (Fsp3) is 0.385. The van der Waals surface area contributed by atoms with E-state index in [4.69, 9.17) is 0 Å². The minimum absolute atomic E-state index is 0.289. The summed E-state index contributed by atoms with van der Waals surface area (Å²) in [4.78, 5) is 0. The van der Waals surface area contributed by atoms with Gasteiger partial charge in [0.2, 0.25) is 0 Å². The Morgan fingerprint density at radius 3 is 2.58 bits per heavy atom. The third kappa shape index (κ3) is 2.80. The van der Waals surface area contributed by atoms with Crippen LogP contribution < -0.4 is 0 Å². The second-order valence-corrected chi connectivity index (χ2v) is 4.67. The Labute approximate surface area is 110 Å². The molecule has 0 aliphatic rings. The predicted molar refractivity (Wildman–Crippen MR) is 67.0 cm³/mol. The maximum absolute atomic E-state index is 13.3. The summed E-state index contributed by atoms with van der Waals surface area (Å²) in [6.45, 7) is -0.604. The second-order valence-electron chi connectivity index (χ2n) is 4.67. The molecule has 0 fully saturated rings. The van der Waals surface area contributed by atoms with Gasteiger partial charge in [0.15, 0.2) is 0 Å². The molecular formula is C13H16FN3O2. The zero-order valence-electron chi connectivity index (χ0n) is 10.6. The summed E-state index contributed by atoms with van der Waals surface area (Å²) in [7, 11) is 1.73. The third-order valence-corrected chi connectivity index (χ3v) is 3.21. The summed E-state index contributed by atoms with van der Waals surface area (Å²) in [5.41, 5.74) is 0.219. The zero-order chi connectivity index (χ0) is 13.9. The van der Waals surface area contributed by atoms with E-state index in [1.807, 2.05) is 0 Å². The molecule has 0 atom stereocenters. The lowest BCUT2D eigenvalue weighted by Gasteiger charge is -2.29. The lowest BCUT2D eigenvalue weighted by molar-refractivity contribution is 0.115. The predicted octanol–water partition coefficient (Wildman–Crippen LogP) is 0.419. The van der Waals surface area contributed by atoms with Crippen molar-refractivity contribution in [3.8, 4) is 0 Å². The number of benzene rings is 1. The largest absolute Gasteiger partial charge is 0.395 e. The molecule has 0 saturated heterocycles. The van der Waals surface area contributed by atoms with E-state index >= 15 is 0 Å². The summed E-state index contributed by atoms with van der Waals surface area (Å²) < 4.78 is 14.9. The quantitative estimate of drug-likeness (QED) is 0.822. The molecule has 2 rings (SSSR count). The van der Waals surface area contributed by atoms with Gasteiger partial charge < -0.3 is 10.2 Å². The molecule has 0 unspecified atom stereocenters. The minimum Gasteiger partial charge on any atom is -0.395 e. The van der Waals surface area contributed by atoms with Crippen LogP contribution in [0.25, 0.3) is 0 Å². The Kier molecular flexibility index (Phi) is 3.92. The first kappa shape index (κ1) is 13.6. The fourth-order valence-corrected chi connectivity index (χ4v) is 2.09. The van der Waals surface area contributed by atoms with Crippen LogP contribution in [0.15, 0.2) is 30.5 Å². The summed E-state index contributed by atoms with van der Waals surface area (Å²) in [5, 5.41) is 27.1. The highest BCUT2D eigenvalue weighted by Crippen LogP contribution is 2.27. The van der Waals surface area contributed by atoms with Gasteiger partial charge in [-0.05, 0) is 17.7 Å². The molecule has 0 bridgehead atoms. The van der Waals surface area contributed by atoms with Crippen LogP contribution in [0.2, 0.25) is 0 Å². The van der Waals surface area contributed by atoms with Crippen molar-refractivity contribution in [2.75, 3.05) is 13.2 Å². The molecule has 0 spiro atoms. The van der Waals surface area contributed by atoms with Gasteiger partial charge >= 0.3 is 0 Å². The van der Waals surface area contributed by atoms with E-state index in [-0.39, 0.29) is 19.6 Å². The van der Waals surface area contributed by atoms with Gasteiger partial charge in [0, 0.05) is 25.1 Å². The van der Waals surface area contributed by atoms with Gasteiger partial charge in [0.05, 0.1) is 18.9 Å². The number of rotatable bonds is 5. The summed E-state index contributed by atoms with van der Waals surface area (Å²) in [5.74, 6) is -0.400. The number of halogens is 1. The van der Waals surface area contributed by atoms with Gasteiger partial charge in [-0.25, -0.2) is 4.39 Å². The van der Waals surface area contributed by atoms with E-state index in [1.54, 1.807) is 30.1 Å². The van der Waals surface area contributed by atoms with Crippen LogP contribution in [0.1, 0.15) is 11.3 Å². The van der Waals surface area contributed by atoms with Crippen LogP contribution in [-0.4, -0.2) is 38.4 Å². The van der Waals surface area contributed by atoms with Crippen molar-refractivity contribution in [2.24, 2.45) is 7.05 Å². The second kappa shape index (κ2) is 5.46. The highest BCUT2D eigenvalue weighted by atomic mass is 19.1. The van der Waals surface area contributed by atoms with Crippen molar-refractivity contribution in [2.45, 2.75) is 11.8 Å². The lowest BCUT2D eigenvalue weighted by Crippen LogP contribution is -2.37. The minimum atomic E-state index is -0.960. The van der Waals surface area contributed by atoms with Crippen molar-refractivity contribution < 1.29 is 14.6 Å². The smallest absolute Gasteiger partial charge is 0.123 e. The van der Waals surface area contributed by atoms with Crippen LogP contribution in [0.5, 0.6) is 0 Å². The number of hydrogen-bond acceptors (Lipinski definition) is 4. The van der Waals surface area contributed by atoms with Crippen LogP contribution in [0.3, 0.4) is 0 Å². The molecule has 102 valence electrons. The topological polar surface area (TPSA) is 71.2 Å². The van der Waals surface area contributed by atoms with Gasteiger partial charge in [-0.2, -0.15) is 0 Å². The van der Waals surface area contributed by atoms with Crippen LogP contribution in [-0.2, 0) is 18.9 Å². The molecule has 0 amide bonds. The van der Waals surface area contributed by atoms with Crippen molar-refractivity contribution in [1.82, 2.24) is 15.0 Å². The molecule has 0 radical (unpaired) electrons. The standard InChI is InChI=1S/C13H16FN3O2/c1-17-7-12(15-16-17)6-13(8-18,9-19)10-3-2-4-11(14)5-10/h2-5,7,18-19H,6,8-9H2,1H3. The molecule has 6 heteroatoms. The molecule has 2 N–H and O–H groups in total. The first-order valence-electron chi connectivity index (χ1n) is 5.92. The molecular weight excluding hydrogens is 249 g/mol. The van der Waals surface area contributed by atoms with Crippen molar-refractivity contribution >= 4 is 0 Å². The van der Waals surface area contributed by atoms with Gasteiger partial charge in [0.1, 0.15) is 5.82 Å². The maximum Gasteiger partial charge on any atom is 0.123 e. The van der Waals surface area contributed by atoms with E-state index in [0.29, 0.717) is 11.3 Å². The average molecular weight is 265 g/mol. The fourth-order valence-electron chi connectivity index (χ4n) is 2.09. The Balaban J connectivity index is 2.37. The third-order valence-electron chi connectivity index (χ3n) is 3.21. The van der Waals surface area contributed by atoms with Gasteiger partial charge in [-0.1, -0.05) is 17.3 Å². The molecule has 5 nitrogen and oxygen atoms in total. The molecule has 0 aliphatic carbocycles. The zero-order valence-corrected chi connectivity index (χ0v) is 10.6. The normalized spacial score (nSPS) is 11.8. The SMILES string of the molecule is Cn1cc(CC(CO)(CO)c2cccc(F)c2)nn1. The first-order valence-corrected chi connectivity index (χ1v) is 5.92. The van der Waals surface area contributed by atoms with Gasteiger partial charge in [-0.15, -0.1) is 5.10 Å². The van der Waals surface area contributed by atoms with Gasteiger partial charge in [-0.3, -0.25) is 4.68 Å². The van der Waals surface area contributed by atoms with E-state index < -0.39 is 11.2 Å². The molecule has 0 saturated carbocycles. The molecule has 1 aromatic heterocycles. The van der Waals surface area contributed by atoms with Crippen molar-refractivity contribution in [3.05, 3.63) is 47.5 Å². The number of hydrogen-bond donors (Lipinski definition) is 2. The monoisotopic (exact) mass is 265 g/mol. The Bertz CT molecular complexity index is 552. The summed E-state index contributed by atoms with van der Waals surface area (Å²) in [6.07, 6.45) is 2.00. The number of aliphatic hydroxyl groups excluding tert-OH is 2. The van der Waals surface area contributed by atoms with Crippen LogP contribution in [0.4, 0.5) is 4.39 Å². The van der Waals surface area contributed by atoms with E-state index in [9.17, 15) is 14.6 Å². The summed E-state index contributed by atoms with van der Waals surface area (Å²) >= 11 is 0. The maximum atomic E-state index is 13.3. The van der Waals surface area contributed by atoms with Crippen LogP contribution in [0, 0.1) is 5.82 Å². The number of nitrogens with zero attached hydrogens (tertiary/aromatic N) is 3. The van der Waals surface area contributed by atoms with Crippen LogP contribution >= 0.6 is 0 Å². The molecule has 1 heterocycles. The van der Waals surface area contributed by atoms with Crippen molar-refractivity contribution in [1.29, 1.82) is 0 Å². The molecule has 19 heavy (non-hydrogen) atoms. The lowest BCUT2D eigenvalue weighted by atomic mass is 9.78. The highest BCUT2D eigenvalue weighted by molar-refractivity contribution is 5.28. The number of aliphatic hydroxyl groups is 2.